The van der Waals surface area contributed by atoms with Crippen molar-refractivity contribution < 1.29 is 14.4 Å². The van der Waals surface area contributed by atoms with Crippen molar-refractivity contribution in [1.29, 1.82) is 0 Å². The van der Waals surface area contributed by atoms with Gasteiger partial charge in [-0.15, -0.1) is 0 Å². The first-order chi connectivity index (χ1) is 11.6. The molecular weight excluding hydrogens is 310 g/mol. The Morgan fingerprint density at radius 2 is 2.29 bits per heavy atom. The van der Waals surface area contributed by atoms with Crippen molar-refractivity contribution in [3.8, 4) is 0 Å². The minimum atomic E-state index is -0.575. The highest BCUT2D eigenvalue weighted by atomic mass is 16.5. The number of hydrogen-bond donors (Lipinski definition) is 1. The van der Waals surface area contributed by atoms with E-state index in [1.165, 1.54) is 6.33 Å². The van der Waals surface area contributed by atoms with E-state index in [0.29, 0.717) is 30.7 Å². The summed E-state index contributed by atoms with van der Waals surface area (Å²) < 4.78 is 6.78. The van der Waals surface area contributed by atoms with Crippen LogP contribution in [-0.2, 0) is 6.42 Å². The lowest BCUT2D eigenvalue weighted by atomic mass is 10.0. The molecule has 0 saturated carbocycles. The van der Waals surface area contributed by atoms with Crippen molar-refractivity contribution in [2.24, 2.45) is 5.92 Å². The Bertz CT molecular complexity index is 887. The van der Waals surface area contributed by atoms with Crippen LogP contribution >= 0.6 is 0 Å². The largest absolute Gasteiger partial charge is 0.391 e. The molecule has 1 saturated heterocycles. The first-order valence-corrected chi connectivity index (χ1v) is 7.79. The van der Waals surface area contributed by atoms with Gasteiger partial charge in [0.1, 0.15) is 12.1 Å². The Balaban J connectivity index is 1.49. The molecule has 4 heterocycles. The highest BCUT2D eigenvalue weighted by Crippen LogP contribution is 2.23. The van der Waals surface area contributed by atoms with Crippen LogP contribution < -0.4 is 0 Å². The second kappa shape index (κ2) is 5.72. The fourth-order valence-corrected chi connectivity index (χ4v) is 3.12. The summed E-state index contributed by atoms with van der Waals surface area (Å²) in [6.07, 6.45) is 3.09. The number of rotatable bonds is 3. The van der Waals surface area contributed by atoms with E-state index in [9.17, 15) is 9.90 Å². The molecule has 0 unspecified atom stereocenters. The van der Waals surface area contributed by atoms with E-state index >= 15 is 0 Å². The van der Waals surface area contributed by atoms with Crippen molar-refractivity contribution in [3.05, 3.63) is 47.7 Å². The highest BCUT2D eigenvalue weighted by Gasteiger charge is 2.35. The van der Waals surface area contributed by atoms with Gasteiger partial charge < -0.3 is 14.5 Å². The Labute approximate surface area is 137 Å². The van der Waals surface area contributed by atoms with Crippen LogP contribution in [0.3, 0.4) is 0 Å². The van der Waals surface area contributed by atoms with E-state index in [0.717, 1.165) is 11.5 Å². The van der Waals surface area contributed by atoms with Gasteiger partial charge in [-0.3, -0.25) is 4.79 Å². The second-order valence-electron chi connectivity index (χ2n) is 6.16. The molecule has 1 aliphatic heterocycles. The Hall–Kier alpha value is -2.74. The molecule has 3 aromatic rings. The van der Waals surface area contributed by atoms with E-state index < -0.39 is 6.10 Å². The normalized spacial score (nSPS) is 20.8. The van der Waals surface area contributed by atoms with Gasteiger partial charge in [0.25, 0.3) is 5.91 Å². The number of amides is 1. The van der Waals surface area contributed by atoms with E-state index in [2.05, 4.69) is 15.2 Å². The molecule has 0 aromatic carbocycles. The van der Waals surface area contributed by atoms with Crippen LogP contribution in [0, 0.1) is 12.8 Å². The molecule has 24 heavy (non-hydrogen) atoms. The second-order valence-corrected chi connectivity index (χ2v) is 6.16. The monoisotopic (exact) mass is 327 g/mol. The Kier molecular flexibility index (Phi) is 3.53. The molecule has 1 amide bonds. The van der Waals surface area contributed by atoms with Crippen molar-refractivity contribution in [2.75, 3.05) is 13.1 Å². The zero-order chi connectivity index (χ0) is 16.7. The van der Waals surface area contributed by atoms with Crippen molar-refractivity contribution in [2.45, 2.75) is 19.4 Å². The number of nitrogens with zero attached hydrogens (tertiary/aromatic N) is 5. The molecule has 0 aliphatic carbocycles. The standard InChI is InChI=1S/C16H17N5O3/c1-10-4-13(24-19-10)5-12-6-20(8-14(12)22)16(23)11-2-3-15-17-9-18-21(15)7-11/h2-4,7,9,12,14,22H,5-6,8H2,1H3/t12-,14-/m1/s1. The minimum Gasteiger partial charge on any atom is -0.391 e. The average molecular weight is 327 g/mol. The van der Waals surface area contributed by atoms with Gasteiger partial charge in [-0.05, 0) is 19.1 Å². The third-order valence-corrected chi connectivity index (χ3v) is 4.35. The number of β-amino-alcohol motifs (C(OH)–C–C–N with tert-alkyl or cyclic N) is 1. The maximum Gasteiger partial charge on any atom is 0.255 e. The lowest BCUT2D eigenvalue weighted by Crippen LogP contribution is -2.29. The van der Waals surface area contributed by atoms with Crippen molar-refractivity contribution in [3.63, 3.8) is 0 Å². The Morgan fingerprint density at radius 1 is 1.42 bits per heavy atom. The number of aliphatic hydroxyl groups excluding tert-OH is 1. The third kappa shape index (κ3) is 2.65. The van der Waals surface area contributed by atoms with E-state index in [1.54, 1.807) is 27.7 Å². The van der Waals surface area contributed by atoms with Crippen LogP contribution in [0.15, 0.2) is 35.2 Å². The number of pyridine rings is 1. The van der Waals surface area contributed by atoms with Gasteiger partial charge in [0.2, 0.25) is 0 Å². The maximum atomic E-state index is 12.7. The van der Waals surface area contributed by atoms with Gasteiger partial charge in [-0.2, -0.15) is 5.10 Å². The first-order valence-electron chi connectivity index (χ1n) is 7.79. The molecule has 3 aromatic heterocycles. The van der Waals surface area contributed by atoms with Crippen molar-refractivity contribution >= 4 is 11.6 Å². The molecule has 0 spiro atoms. The summed E-state index contributed by atoms with van der Waals surface area (Å²) in [5, 5.41) is 18.2. The number of hydrogen-bond acceptors (Lipinski definition) is 6. The van der Waals surface area contributed by atoms with Crippen LogP contribution in [0.2, 0.25) is 0 Å². The summed E-state index contributed by atoms with van der Waals surface area (Å²) in [5.74, 6) is 0.550. The number of likely N-dealkylation sites (tertiary alicyclic amines) is 1. The van der Waals surface area contributed by atoms with Crippen LogP contribution in [0.1, 0.15) is 21.8 Å². The lowest BCUT2D eigenvalue weighted by Gasteiger charge is -2.15. The van der Waals surface area contributed by atoms with Gasteiger partial charge in [0.15, 0.2) is 5.65 Å². The molecular formula is C16H17N5O3. The molecule has 1 fully saturated rings. The van der Waals surface area contributed by atoms with Gasteiger partial charge in [0.05, 0.1) is 17.4 Å². The zero-order valence-electron chi connectivity index (χ0n) is 13.2. The van der Waals surface area contributed by atoms with E-state index in [4.69, 9.17) is 4.52 Å². The van der Waals surface area contributed by atoms with Crippen LogP contribution in [0.5, 0.6) is 0 Å². The molecule has 8 nitrogen and oxygen atoms in total. The number of carbonyl (C=O) groups is 1. The predicted molar refractivity (Wildman–Crippen MR) is 83.3 cm³/mol. The summed E-state index contributed by atoms with van der Waals surface area (Å²) in [7, 11) is 0. The molecule has 0 radical (unpaired) electrons. The van der Waals surface area contributed by atoms with Crippen LogP contribution in [0.25, 0.3) is 5.65 Å². The molecule has 124 valence electrons. The first kappa shape index (κ1) is 14.8. The SMILES string of the molecule is Cc1cc(C[C@@H]2CN(C(=O)c3ccc4ncnn4c3)C[C@H]2O)on1. The summed E-state index contributed by atoms with van der Waals surface area (Å²) >= 11 is 0. The summed E-state index contributed by atoms with van der Waals surface area (Å²) in [6, 6.07) is 5.34. The topological polar surface area (TPSA) is 96.8 Å². The van der Waals surface area contributed by atoms with Gasteiger partial charge in [0, 0.05) is 37.7 Å². The predicted octanol–water partition coefficient (Wildman–Crippen LogP) is 0.701. The molecule has 1 aliphatic rings. The van der Waals surface area contributed by atoms with Gasteiger partial charge in [-0.25, -0.2) is 9.50 Å². The lowest BCUT2D eigenvalue weighted by molar-refractivity contribution is 0.0764. The van der Waals surface area contributed by atoms with Crippen LogP contribution in [-0.4, -0.2) is 54.9 Å². The maximum absolute atomic E-state index is 12.7. The number of aryl methyl sites for hydroxylation is 1. The number of aliphatic hydroxyl groups is 1. The Morgan fingerprint density at radius 3 is 3.08 bits per heavy atom. The smallest absolute Gasteiger partial charge is 0.255 e. The van der Waals surface area contributed by atoms with Crippen LogP contribution in [0.4, 0.5) is 0 Å². The summed E-state index contributed by atoms with van der Waals surface area (Å²) in [6.45, 7) is 2.65. The quantitative estimate of drug-likeness (QED) is 0.761. The molecule has 8 heteroatoms. The third-order valence-electron chi connectivity index (χ3n) is 4.35. The molecule has 2 atom stereocenters. The average Bonchev–Trinajstić information content (AvgIpc) is 3.27. The number of fused-ring (bicyclic) bond motifs is 1. The molecule has 0 bridgehead atoms. The summed E-state index contributed by atoms with van der Waals surface area (Å²) in [5.41, 5.74) is 2.02. The fourth-order valence-electron chi connectivity index (χ4n) is 3.12. The summed E-state index contributed by atoms with van der Waals surface area (Å²) in [4.78, 5) is 18.4. The van der Waals surface area contributed by atoms with Crippen molar-refractivity contribution in [1.82, 2.24) is 24.7 Å². The van der Waals surface area contributed by atoms with Gasteiger partial charge >= 0.3 is 0 Å². The zero-order valence-corrected chi connectivity index (χ0v) is 13.2. The number of carbonyl (C=O) groups excluding carboxylic acids is 1. The van der Waals surface area contributed by atoms with E-state index in [1.807, 2.05) is 13.0 Å². The minimum absolute atomic E-state index is 0.0589. The van der Waals surface area contributed by atoms with Gasteiger partial charge in [-0.1, -0.05) is 5.16 Å². The van der Waals surface area contributed by atoms with E-state index in [-0.39, 0.29) is 11.8 Å². The fraction of sp³-hybridized carbons (Fsp3) is 0.375. The highest BCUT2D eigenvalue weighted by molar-refractivity contribution is 5.94. The molecule has 1 N–H and O–H groups in total. The molecule has 4 rings (SSSR count). The number of aromatic nitrogens is 4.